The summed E-state index contributed by atoms with van der Waals surface area (Å²) in [5.74, 6) is -5.35. The number of hydrazine groups is 1. The summed E-state index contributed by atoms with van der Waals surface area (Å²) in [5.41, 5.74) is 26.6. The highest BCUT2D eigenvalue weighted by atomic mass is 16.8. The molecule has 3 saturated heterocycles. The predicted molar refractivity (Wildman–Crippen MR) is 478 cm³/mol. The third-order valence-electron chi connectivity index (χ3n) is 23.5. The lowest BCUT2D eigenvalue weighted by atomic mass is 9.78. The molecule has 5 bridgehead atoms. The van der Waals surface area contributed by atoms with Gasteiger partial charge in [0.05, 0.1) is 91.2 Å². The van der Waals surface area contributed by atoms with E-state index in [1.807, 2.05) is 26.3 Å². The van der Waals surface area contributed by atoms with E-state index in [1.54, 1.807) is 57.0 Å². The van der Waals surface area contributed by atoms with E-state index >= 15 is 0 Å². The van der Waals surface area contributed by atoms with Crippen molar-refractivity contribution in [2.75, 3.05) is 85.6 Å². The van der Waals surface area contributed by atoms with Gasteiger partial charge in [0.25, 0.3) is 23.5 Å². The minimum absolute atomic E-state index is 0.0559. The summed E-state index contributed by atoms with van der Waals surface area (Å²) in [7, 11) is 4.84. The van der Waals surface area contributed by atoms with Gasteiger partial charge in [-0.3, -0.25) is 49.2 Å². The first-order valence-corrected chi connectivity index (χ1v) is 42.7. The van der Waals surface area contributed by atoms with Crippen LogP contribution in [0.3, 0.4) is 0 Å². The fourth-order valence-electron chi connectivity index (χ4n) is 15.2. The number of allylic oxidation sites excluding steroid dienone is 2. The first kappa shape index (κ1) is 110. The molecule has 2 aromatic heterocycles. The number of fused-ring (bicyclic) bond motifs is 14. The van der Waals surface area contributed by atoms with Crippen molar-refractivity contribution in [3.05, 3.63) is 107 Å². The van der Waals surface area contributed by atoms with Crippen molar-refractivity contribution in [2.45, 2.75) is 223 Å². The lowest BCUT2D eigenvalue weighted by Crippen LogP contribution is -2.66. The van der Waals surface area contributed by atoms with Crippen molar-refractivity contribution >= 4 is 70.4 Å². The number of nitrogens with two attached hydrogens (primary N) is 6. The maximum Gasteiger partial charge on any atom is 0.312 e. The van der Waals surface area contributed by atoms with Gasteiger partial charge in [0.2, 0.25) is 0 Å². The molecule has 0 unspecified atom stereocenters. The van der Waals surface area contributed by atoms with Crippen molar-refractivity contribution in [1.82, 2.24) is 46.2 Å². The molecule has 0 radical (unpaired) electrons. The number of carbonyl (C=O) groups is 6. The van der Waals surface area contributed by atoms with Crippen LogP contribution in [0, 0.1) is 30.6 Å². The molecule has 0 spiro atoms. The summed E-state index contributed by atoms with van der Waals surface area (Å²) in [5, 5.41) is 168. The van der Waals surface area contributed by atoms with Crippen molar-refractivity contribution in [2.24, 2.45) is 73.3 Å². The average Bonchev–Trinajstić information content (AvgIpc) is 1.57. The molecule has 8 heterocycles. The number of aliphatic imine (C=N–C) groups is 2. The number of guanidine groups is 2. The number of esters is 1. The molecular weight excluding hydrogens is 1740 g/mol. The van der Waals surface area contributed by atoms with Crippen molar-refractivity contribution < 1.29 is 138 Å². The molecule has 4 fully saturated rings. The number of methoxy groups -OCH3 is 1. The molecule has 26 atom stereocenters. The number of aliphatic hydroxyl groups is 11. The third kappa shape index (κ3) is 27.6. The number of hydrogen-bond donors (Lipinski definition) is 25. The lowest BCUT2D eigenvalue weighted by Gasteiger charge is -2.45. The van der Waals surface area contributed by atoms with Crippen LogP contribution in [0.1, 0.15) is 124 Å². The standard InChI is InChI=1S/C43H58N4O12.C21H39N7O12.C10H24N2O2.C6H7N3O.C5H5N3O/c1-21-12-11-13-22(2)42(55)45-33-28(20-44-47-17-15-46(9)16-18-47)37(52)30-31(38(33)53)36(51)26(6)40-32(30)41(54)43(8,59-40)57-19-14-29(56-10)23(3)39(58-27(7)48)25(5)35(50)24(4)34(21)49;1-5-21(36,4-30)16(40-17-9(26-2)13(34)10(31)6(3-29)38-17)18(37-5)39-15-8(28-20(24)25)11(32)7(27-19(22)23)12(33)14(15)35;1-3-9(7-13)11-5-6-12-10(4-2)8-14;7-9-6(10)5-1-3-8-4-2-5;6-5(9)4-3-7-1-2-8-4/h11-14,19-21,23-25,29,34-35,39,49-53H,15-18H2,1-10H3,(H,45,55);4-18,26,29,31-36H,3H2,1-2H3,(H4,22,23,27)(H4,24,25,28);9-14H,3-8H2,1-2H3;1-4H,7H2,(H,9,10);1-3H,(H2,6,9)/b12-11+,19-14+,22-13-,44-20-;;;;/t21-,23-,24-,25+,29+,34-,35+,39-,43+;5-,6-,7+,8-,9-,10-,11+,12-,13-,14+,15+,16-,17-,18-,21+;9-,10-;;/m100../s1. The number of rotatable bonds is 24. The molecule has 1 saturated carbocycles. The quantitative estimate of drug-likeness (QED) is 0.00299. The van der Waals surface area contributed by atoms with E-state index in [1.165, 1.54) is 104 Å². The van der Waals surface area contributed by atoms with Crippen LogP contribution in [0.4, 0.5) is 5.69 Å². The lowest BCUT2D eigenvalue weighted by molar-refractivity contribution is -0.314. The second kappa shape index (κ2) is 51.1. The number of amides is 3. The van der Waals surface area contributed by atoms with Gasteiger partial charge in [0, 0.05) is 143 Å². The Hall–Kier alpha value is -10.5. The largest absolute Gasteiger partial charge is 0.507 e. The van der Waals surface area contributed by atoms with Gasteiger partial charge in [-0.15, -0.1) is 0 Å². The summed E-state index contributed by atoms with van der Waals surface area (Å²) in [4.78, 5) is 94.4. The number of aromatic hydroxyl groups is 3. The smallest absolute Gasteiger partial charge is 0.312 e. The normalized spacial score (nSPS) is 31.6. The number of likely N-dealkylation sites (N-methyl/N-ethyl adjacent to an activating group) is 2. The number of aliphatic hydroxyl groups excluding tert-OH is 10. The summed E-state index contributed by atoms with van der Waals surface area (Å²) < 4.78 is 46.5. The van der Waals surface area contributed by atoms with Gasteiger partial charge < -0.3 is 164 Å². The molecule has 47 heteroatoms. The number of nitrogens with zero attached hydrogens (tertiary/aromatic N) is 8. The van der Waals surface area contributed by atoms with E-state index in [9.17, 15) is 90.0 Å². The number of carbonyl (C=O) groups excluding carboxylic acids is 6. The number of anilines is 1. The number of Topliss-reactive ketones (excluding diaryl/α,β-unsaturated/α-hetero) is 1. The molecule has 736 valence electrons. The topological polar surface area (TPSA) is 758 Å². The second-order valence-electron chi connectivity index (χ2n) is 32.7. The highest BCUT2D eigenvalue weighted by molar-refractivity contribution is 6.24. The fraction of sp³-hybridized carbons (Fsp3) is 0.600. The zero-order valence-electron chi connectivity index (χ0n) is 76.2. The van der Waals surface area contributed by atoms with Crippen molar-refractivity contribution in [3.63, 3.8) is 0 Å². The van der Waals surface area contributed by atoms with Gasteiger partial charge in [-0.05, 0) is 65.9 Å². The molecule has 132 heavy (non-hydrogen) atoms. The molecule has 1 aliphatic carbocycles. The SMILES string of the molecule is CC[C@@H](CO)NCCN[C@@H](CC)CO.CN[C@@H]1[C@H](O[C@H]2[C@H](O[C@H]3[C@H](O)[C@@H](O)[C@H](N=C(N)N)[C@@H](O)[C@@H]3N=C(N)N)O[C@@H](C)[C@]2(O)C=O)O[C@@H](CO)[C@H](O)[C@H]1O.CO[C@H]1/C=C/O[C@@]2(C)Oc3c(C)c(O)c4c(O)c(c(/C=N\N5CCN(C)CC5)c(O)c4c3C2=O)NC(=O)/C(C)=C\C=C\[C@@H](C)[C@@H](O)[C@@H](C)[C@H](O)[C@H](C)[C@H](OC(C)=O)[C@@H]1C.NC(=O)c1cnccn1.NNC(=O)c1ccncc1. The molecule has 2 aromatic carbocycles. The molecule has 6 aliphatic heterocycles. The van der Waals surface area contributed by atoms with E-state index in [4.69, 9.17) is 82.6 Å². The number of primary amides is 1. The Bertz CT molecular complexity index is 4590. The molecule has 47 nitrogen and oxygen atoms in total. The van der Waals surface area contributed by atoms with E-state index in [-0.39, 0.29) is 87.7 Å². The minimum atomic E-state index is -2.38. The van der Waals surface area contributed by atoms with E-state index in [0.29, 0.717) is 18.7 Å². The van der Waals surface area contributed by atoms with Crippen LogP contribution in [0.25, 0.3) is 10.8 Å². The number of phenols is 3. The first-order chi connectivity index (χ1) is 62.4. The van der Waals surface area contributed by atoms with E-state index in [0.717, 1.165) is 39.0 Å². The van der Waals surface area contributed by atoms with E-state index < -0.39 is 204 Å². The molecule has 7 aliphatic rings. The van der Waals surface area contributed by atoms with Gasteiger partial charge in [-0.2, -0.15) is 5.10 Å². The number of piperazine rings is 1. The Balaban J connectivity index is 0.000000310. The Morgan fingerprint density at radius 2 is 1.35 bits per heavy atom. The highest BCUT2D eigenvalue weighted by Gasteiger charge is 2.61. The van der Waals surface area contributed by atoms with Gasteiger partial charge in [0.15, 0.2) is 42.1 Å². The Kier molecular flexibility index (Phi) is 42.7. The Morgan fingerprint density at radius 1 is 0.735 bits per heavy atom. The number of nitrogens with one attached hydrogen (secondary N) is 5. The number of pyridine rings is 1. The first-order valence-electron chi connectivity index (χ1n) is 42.7. The number of ether oxygens (including phenoxy) is 8. The number of phenolic OH excluding ortho intramolecular Hbond substituents is 3. The number of aldehydes is 1. The number of hydrogen-bond acceptors (Lipinski definition) is 40. The Labute approximate surface area is 763 Å². The third-order valence-corrected chi connectivity index (χ3v) is 23.5. The predicted octanol–water partition coefficient (Wildman–Crippen LogP) is -4.86. The number of hydrazone groups is 1. The van der Waals surface area contributed by atoms with Gasteiger partial charge in [-0.1, -0.05) is 59.8 Å². The van der Waals surface area contributed by atoms with Crippen LogP contribution in [-0.2, 0) is 47.5 Å². The van der Waals surface area contributed by atoms with Crippen LogP contribution in [0.15, 0.2) is 94.3 Å². The molecule has 31 N–H and O–H groups in total. The summed E-state index contributed by atoms with van der Waals surface area (Å²) in [6.07, 6.45) is -3.30. The van der Waals surface area contributed by atoms with Gasteiger partial charge in [0.1, 0.15) is 90.0 Å². The van der Waals surface area contributed by atoms with E-state index in [2.05, 4.69) is 56.2 Å². The van der Waals surface area contributed by atoms with Crippen LogP contribution in [-0.4, -0.2) is 364 Å². The van der Waals surface area contributed by atoms with Gasteiger partial charge >= 0.3 is 11.8 Å². The van der Waals surface area contributed by atoms with Crippen molar-refractivity contribution in [1.29, 1.82) is 0 Å². The summed E-state index contributed by atoms with van der Waals surface area (Å²) in [6, 6.07) is -0.510. The van der Waals surface area contributed by atoms with Crippen LogP contribution < -0.4 is 65.9 Å². The number of aromatic nitrogens is 3. The maximum absolute atomic E-state index is 14.4. The number of ketones is 1. The van der Waals surface area contributed by atoms with Crippen molar-refractivity contribution in [3.8, 4) is 23.0 Å². The Morgan fingerprint density at radius 3 is 1.87 bits per heavy atom. The monoisotopic (exact) mass is 1870 g/mol. The van der Waals surface area contributed by atoms with Crippen LogP contribution in [0.5, 0.6) is 23.0 Å². The number of benzene rings is 2. The fourth-order valence-corrected chi connectivity index (χ4v) is 15.2. The second-order valence-corrected chi connectivity index (χ2v) is 32.7. The molecular formula is C85H133N19O28. The molecule has 11 rings (SSSR count). The average molecular weight is 1870 g/mol. The molecule has 4 aromatic rings. The highest BCUT2D eigenvalue weighted by Crippen LogP contribution is 2.55. The summed E-state index contributed by atoms with van der Waals surface area (Å²) in [6.45, 7) is 21.8. The van der Waals surface area contributed by atoms with Crippen LogP contribution >= 0.6 is 0 Å². The molecule has 3 amide bonds. The van der Waals surface area contributed by atoms with Crippen LogP contribution in [0.2, 0.25) is 0 Å². The zero-order valence-corrected chi connectivity index (χ0v) is 76.2. The minimum Gasteiger partial charge on any atom is -0.507 e. The summed E-state index contributed by atoms with van der Waals surface area (Å²) >= 11 is 0. The zero-order chi connectivity index (χ0) is 98.7. The van der Waals surface area contributed by atoms with Gasteiger partial charge in [-0.25, -0.2) is 20.8 Å². The maximum atomic E-state index is 14.4. The number of nitrogen functional groups attached to an aromatic ring is 1.